The van der Waals surface area contributed by atoms with Crippen LogP contribution in [0.5, 0.6) is 17.2 Å². The maximum Gasteiger partial charge on any atom is 0.308 e. The predicted octanol–water partition coefficient (Wildman–Crippen LogP) is 6.64. The largest absolute Gasteiger partial charge is 0.493 e. The summed E-state index contributed by atoms with van der Waals surface area (Å²) in [6.07, 6.45) is 7.90. The van der Waals surface area contributed by atoms with Gasteiger partial charge in [-0.25, -0.2) is 0 Å². The Bertz CT molecular complexity index is 1600. The fourth-order valence-corrected chi connectivity index (χ4v) is 5.13. The SMILES string of the molecule is COc1cc(/C=C/C(=O)Nc2cnc3cc4c(cc3c2-c2ccccc2Cl)CCC4)cc(OC)c1OC(C)=O. The van der Waals surface area contributed by atoms with E-state index in [4.69, 9.17) is 25.8 Å². The zero-order valence-electron chi connectivity index (χ0n) is 21.8. The van der Waals surface area contributed by atoms with E-state index in [1.807, 2.05) is 24.3 Å². The van der Waals surface area contributed by atoms with Crippen molar-refractivity contribution in [3.05, 3.63) is 82.5 Å². The third-order valence-electron chi connectivity index (χ3n) is 6.64. The van der Waals surface area contributed by atoms with E-state index in [-0.39, 0.29) is 11.7 Å². The summed E-state index contributed by atoms with van der Waals surface area (Å²) in [5, 5.41) is 4.51. The van der Waals surface area contributed by atoms with Crippen LogP contribution < -0.4 is 19.5 Å². The lowest BCUT2D eigenvalue weighted by atomic mass is 9.96. The molecule has 0 aliphatic heterocycles. The first-order valence-electron chi connectivity index (χ1n) is 12.5. The number of benzene rings is 3. The number of nitrogens with zero attached hydrogens (tertiary/aromatic N) is 1. The van der Waals surface area contributed by atoms with Crippen LogP contribution in [0.2, 0.25) is 5.02 Å². The van der Waals surface area contributed by atoms with Crippen molar-refractivity contribution in [2.75, 3.05) is 19.5 Å². The van der Waals surface area contributed by atoms with E-state index in [1.54, 1.807) is 24.4 Å². The van der Waals surface area contributed by atoms with Crippen molar-refractivity contribution in [1.82, 2.24) is 4.98 Å². The van der Waals surface area contributed by atoms with Crippen molar-refractivity contribution in [2.45, 2.75) is 26.2 Å². The number of aromatic nitrogens is 1. The van der Waals surface area contributed by atoms with Crippen molar-refractivity contribution < 1.29 is 23.8 Å². The molecule has 1 amide bonds. The van der Waals surface area contributed by atoms with Gasteiger partial charge in [0.05, 0.1) is 31.6 Å². The summed E-state index contributed by atoms with van der Waals surface area (Å²) in [6, 6.07) is 15.2. The van der Waals surface area contributed by atoms with Gasteiger partial charge in [-0.15, -0.1) is 0 Å². The number of halogens is 1. The van der Waals surface area contributed by atoms with Crippen LogP contribution >= 0.6 is 11.6 Å². The quantitative estimate of drug-likeness (QED) is 0.160. The van der Waals surface area contributed by atoms with Crippen LogP contribution in [-0.4, -0.2) is 31.1 Å². The van der Waals surface area contributed by atoms with Crippen molar-refractivity contribution in [3.63, 3.8) is 0 Å². The molecular formula is C31H27ClN2O5. The van der Waals surface area contributed by atoms with E-state index >= 15 is 0 Å². The highest BCUT2D eigenvalue weighted by molar-refractivity contribution is 6.34. The molecule has 1 aromatic heterocycles. The standard InChI is InChI=1S/C31H27ClN2O5/c1-18(35)39-31-27(37-2)13-19(14-28(31)38-3)11-12-29(36)34-26-17-33-25-16-21-8-6-7-20(21)15-23(25)30(26)22-9-4-5-10-24(22)32/h4-5,9-17H,6-8H2,1-3H3,(H,34,36)/b12-11+. The molecule has 0 spiro atoms. The molecule has 0 atom stereocenters. The summed E-state index contributed by atoms with van der Waals surface area (Å²) in [5.74, 6) is -0.0777. The summed E-state index contributed by atoms with van der Waals surface area (Å²) in [4.78, 5) is 29.3. The number of hydrogen-bond donors (Lipinski definition) is 1. The molecule has 0 bridgehead atoms. The molecule has 4 aromatic rings. The highest BCUT2D eigenvalue weighted by atomic mass is 35.5. The molecule has 1 aliphatic carbocycles. The van der Waals surface area contributed by atoms with Crippen LogP contribution in [-0.2, 0) is 22.4 Å². The smallest absolute Gasteiger partial charge is 0.308 e. The molecule has 5 rings (SSSR count). The number of methoxy groups -OCH3 is 2. The average Bonchev–Trinajstić information content (AvgIpc) is 3.38. The lowest BCUT2D eigenvalue weighted by molar-refractivity contribution is -0.132. The molecule has 3 aromatic carbocycles. The van der Waals surface area contributed by atoms with Gasteiger partial charge in [0, 0.05) is 34.5 Å². The zero-order chi connectivity index (χ0) is 27.5. The molecule has 198 valence electrons. The number of carbonyl (C=O) groups excluding carboxylic acids is 2. The first kappa shape index (κ1) is 26.3. The van der Waals surface area contributed by atoms with Crippen molar-refractivity contribution >= 4 is 46.1 Å². The van der Waals surface area contributed by atoms with Crippen molar-refractivity contribution in [2.24, 2.45) is 0 Å². The Kier molecular flexibility index (Phi) is 7.52. The van der Waals surface area contributed by atoms with Crippen LogP contribution in [0.4, 0.5) is 5.69 Å². The van der Waals surface area contributed by atoms with Crippen molar-refractivity contribution in [3.8, 4) is 28.4 Å². The van der Waals surface area contributed by atoms with Gasteiger partial charge in [-0.3, -0.25) is 14.6 Å². The summed E-state index contributed by atoms with van der Waals surface area (Å²) in [5.41, 5.74) is 6.32. The number of carbonyl (C=O) groups is 2. The third kappa shape index (κ3) is 5.45. The number of nitrogens with one attached hydrogen (secondary N) is 1. The van der Waals surface area contributed by atoms with Gasteiger partial charge in [-0.05, 0) is 72.4 Å². The van der Waals surface area contributed by atoms with Gasteiger partial charge in [0.15, 0.2) is 11.5 Å². The summed E-state index contributed by atoms with van der Waals surface area (Å²) in [7, 11) is 2.92. The molecule has 0 unspecified atom stereocenters. The number of esters is 1. The van der Waals surface area contributed by atoms with E-state index in [9.17, 15) is 9.59 Å². The van der Waals surface area contributed by atoms with Gasteiger partial charge in [-0.1, -0.05) is 29.8 Å². The van der Waals surface area contributed by atoms with Crippen LogP contribution in [0.3, 0.4) is 0 Å². The van der Waals surface area contributed by atoms with Crippen LogP contribution in [0.15, 0.2) is 60.8 Å². The average molecular weight is 543 g/mol. The minimum Gasteiger partial charge on any atom is -0.493 e. The zero-order valence-corrected chi connectivity index (χ0v) is 22.6. The van der Waals surface area contributed by atoms with Crippen molar-refractivity contribution in [1.29, 1.82) is 0 Å². The fraction of sp³-hybridized carbons (Fsp3) is 0.194. The molecule has 1 aliphatic rings. The number of anilines is 1. The Morgan fingerprint density at radius 1 is 1.00 bits per heavy atom. The van der Waals surface area contributed by atoms with Crippen LogP contribution in [0, 0.1) is 0 Å². The Morgan fingerprint density at radius 2 is 1.69 bits per heavy atom. The Hall–Kier alpha value is -4.36. The van der Waals surface area contributed by atoms with Gasteiger partial charge >= 0.3 is 5.97 Å². The first-order chi connectivity index (χ1) is 18.9. The van der Waals surface area contributed by atoms with E-state index in [1.165, 1.54) is 38.3 Å². The number of hydrogen-bond acceptors (Lipinski definition) is 6. The van der Waals surface area contributed by atoms with E-state index < -0.39 is 5.97 Å². The van der Waals surface area contributed by atoms with Crippen LogP contribution in [0.1, 0.15) is 30.0 Å². The Morgan fingerprint density at radius 3 is 2.36 bits per heavy atom. The normalized spacial score (nSPS) is 12.4. The minimum atomic E-state index is -0.502. The molecule has 39 heavy (non-hydrogen) atoms. The Labute approximate surface area is 231 Å². The highest BCUT2D eigenvalue weighted by Gasteiger charge is 2.19. The first-order valence-corrected chi connectivity index (χ1v) is 12.9. The second kappa shape index (κ2) is 11.2. The molecule has 7 nitrogen and oxygen atoms in total. The van der Waals surface area contributed by atoms with Gasteiger partial charge in [0.1, 0.15) is 0 Å². The number of rotatable bonds is 7. The minimum absolute atomic E-state index is 0.173. The molecule has 1 N–H and O–H groups in total. The molecule has 0 radical (unpaired) electrons. The second-order valence-electron chi connectivity index (χ2n) is 9.19. The molecule has 0 fully saturated rings. The lowest BCUT2D eigenvalue weighted by Gasteiger charge is -2.16. The van der Waals surface area contributed by atoms with E-state index in [0.717, 1.165) is 41.3 Å². The Balaban J connectivity index is 1.50. The van der Waals surface area contributed by atoms with Gasteiger partial charge < -0.3 is 19.5 Å². The maximum absolute atomic E-state index is 13.1. The highest BCUT2D eigenvalue weighted by Crippen LogP contribution is 2.41. The summed E-state index contributed by atoms with van der Waals surface area (Å²) in [6.45, 7) is 1.29. The molecule has 8 heteroatoms. The van der Waals surface area contributed by atoms with E-state index in [2.05, 4.69) is 22.4 Å². The fourth-order valence-electron chi connectivity index (χ4n) is 4.90. The predicted molar refractivity (Wildman–Crippen MR) is 153 cm³/mol. The number of amides is 1. The lowest BCUT2D eigenvalue weighted by Crippen LogP contribution is -2.10. The molecule has 0 saturated carbocycles. The topological polar surface area (TPSA) is 86.8 Å². The monoisotopic (exact) mass is 542 g/mol. The number of ether oxygens (including phenoxy) is 3. The molecule has 1 heterocycles. The van der Waals surface area contributed by atoms with Gasteiger partial charge in [0.2, 0.25) is 11.7 Å². The number of pyridine rings is 1. The maximum atomic E-state index is 13.1. The van der Waals surface area contributed by atoms with Gasteiger partial charge in [0.25, 0.3) is 0 Å². The second-order valence-corrected chi connectivity index (χ2v) is 9.60. The molecular weight excluding hydrogens is 516 g/mol. The number of fused-ring (bicyclic) bond motifs is 2. The van der Waals surface area contributed by atoms with Crippen LogP contribution in [0.25, 0.3) is 28.1 Å². The molecule has 0 saturated heterocycles. The summed E-state index contributed by atoms with van der Waals surface area (Å²) < 4.78 is 16.0. The van der Waals surface area contributed by atoms with Gasteiger partial charge in [-0.2, -0.15) is 0 Å². The number of aryl methyl sites for hydroxylation is 2. The van der Waals surface area contributed by atoms with E-state index in [0.29, 0.717) is 27.8 Å². The third-order valence-corrected chi connectivity index (χ3v) is 6.97. The summed E-state index contributed by atoms with van der Waals surface area (Å²) >= 11 is 6.63.